The Labute approximate surface area is 114 Å². The monoisotopic (exact) mass is 259 g/mol. The molecule has 1 unspecified atom stereocenters. The number of nitrogens with one attached hydrogen (secondary N) is 1. The summed E-state index contributed by atoms with van der Waals surface area (Å²) in [6.07, 6.45) is 3.68. The van der Waals surface area contributed by atoms with Crippen LogP contribution in [0.1, 0.15) is 24.7 Å². The zero-order valence-electron chi connectivity index (χ0n) is 11.8. The van der Waals surface area contributed by atoms with Gasteiger partial charge in [-0.1, -0.05) is 6.07 Å². The van der Waals surface area contributed by atoms with Crippen molar-refractivity contribution >= 4 is 5.69 Å². The normalized spacial score (nSPS) is 12.2. The Bertz CT molecular complexity index is 505. The third-order valence-corrected chi connectivity index (χ3v) is 3.16. The number of furan rings is 1. The Morgan fingerprint density at radius 3 is 2.84 bits per heavy atom. The summed E-state index contributed by atoms with van der Waals surface area (Å²) in [5.74, 6) is 1.92. The van der Waals surface area contributed by atoms with E-state index in [0.717, 1.165) is 30.0 Å². The van der Waals surface area contributed by atoms with Gasteiger partial charge in [0.2, 0.25) is 0 Å². The molecule has 2 aromatic rings. The Morgan fingerprint density at radius 1 is 1.32 bits per heavy atom. The molecule has 0 saturated heterocycles. The van der Waals surface area contributed by atoms with Crippen molar-refractivity contribution in [3.05, 3.63) is 47.9 Å². The van der Waals surface area contributed by atoms with Gasteiger partial charge in [-0.15, -0.1) is 0 Å². The number of anilines is 1. The summed E-state index contributed by atoms with van der Waals surface area (Å²) in [6, 6.07) is 10.5. The summed E-state index contributed by atoms with van der Waals surface area (Å²) in [5.41, 5.74) is 2.27. The van der Waals surface area contributed by atoms with Gasteiger partial charge in [-0.2, -0.15) is 0 Å². The lowest BCUT2D eigenvalue weighted by molar-refractivity contribution is 0.415. The molecule has 0 amide bonds. The van der Waals surface area contributed by atoms with Gasteiger partial charge < -0.3 is 14.5 Å². The molecule has 1 N–H and O–H groups in total. The molecule has 3 heteroatoms. The van der Waals surface area contributed by atoms with Gasteiger partial charge in [-0.3, -0.25) is 0 Å². The number of rotatable bonds is 6. The van der Waals surface area contributed by atoms with Crippen LogP contribution in [0.3, 0.4) is 0 Å². The minimum absolute atomic E-state index is 0.362. The lowest BCUT2D eigenvalue weighted by Gasteiger charge is -2.17. The van der Waals surface area contributed by atoms with Crippen molar-refractivity contribution in [3.63, 3.8) is 0 Å². The fourth-order valence-electron chi connectivity index (χ4n) is 2.09. The fraction of sp³-hybridized carbons (Fsp3) is 0.375. The van der Waals surface area contributed by atoms with E-state index in [0.29, 0.717) is 6.04 Å². The maximum Gasteiger partial charge on any atom is 0.141 e. The minimum atomic E-state index is 0.362. The summed E-state index contributed by atoms with van der Waals surface area (Å²) in [7, 11) is 1.70. The van der Waals surface area contributed by atoms with Gasteiger partial charge in [0.25, 0.3) is 0 Å². The van der Waals surface area contributed by atoms with E-state index in [1.807, 2.05) is 18.2 Å². The largest absolute Gasteiger partial charge is 0.495 e. The van der Waals surface area contributed by atoms with Crippen LogP contribution in [0.4, 0.5) is 5.69 Å². The number of methoxy groups -OCH3 is 1. The van der Waals surface area contributed by atoms with Crippen molar-refractivity contribution in [2.24, 2.45) is 0 Å². The van der Waals surface area contributed by atoms with Gasteiger partial charge in [0, 0.05) is 12.5 Å². The molecule has 0 aliphatic carbocycles. The molecule has 3 nitrogen and oxygen atoms in total. The summed E-state index contributed by atoms with van der Waals surface area (Å²) in [6.45, 7) is 4.25. The zero-order chi connectivity index (χ0) is 13.7. The van der Waals surface area contributed by atoms with Crippen LogP contribution in [0.25, 0.3) is 0 Å². The Kier molecular flexibility index (Phi) is 4.50. The molecule has 1 aromatic heterocycles. The molecule has 0 fully saturated rings. The van der Waals surface area contributed by atoms with E-state index < -0.39 is 0 Å². The van der Waals surface area contributed by atoms with E-state index in [4.69, 9.17) is 9.15 Å². The first kappa shape index (κ1) is 13.5. The van der Waals surface area contributed by atoms with Crippen LogP contribution >= 0.6 is 0 Å². The van der Waals surface area contributed by atoms with Crippen LogP contribution in [-0.4, -0.2) is 13.2 Å². The molecule has 0 spiro atoms. The molecule has 19 heavy (non-hydrogen) atoms. The molecule has 102 valence electrons. The quantitative estimate of drug-likeness (QED) is 0.850. The smallest absolute Gasteiger partial charge is 0.141 e. The lowest BCUT2D eigenvalue weighted by Crippen LogP contribution is -2.16. The first-order valence-electron chi connectivity index (χ1n) is 6.62. The summed E-state index contributed by atoms with van der Waals surface area (Å²) in [4.78, 5) is 0. The third-order valence-electron chi connectivity index (χ3n) is 3.16. The zero-order valence-corrected chi connectivity index (χ0v) is 11.8. The van der Waals surface area contributed by atoms with Gasteiger partial charge in [-0.05, 0) is 50.1 Å². The highest BCUT2D eigenvalue weighted by Gasteiger charge is 2.08. The van der Waals surface area contributed by atoms with E-state index in [2.05, 4.69) is 31.3 Å². The highest BCUT2D eigenvalue weighted by molar-refractivity contribution is 5.58. The van der Waals surface area contributed by atoms with Gasteiger partial charge in [0.1, 0.15) is 11.5 Å². The average molecular weight is 259 g/mol. The molecule has 0 radical (unpaired) electrons. The van der Waals surface area contributed by atoms with Crippen molar-refractivity contribution in [1.82, 2.24) is 0 Å². The molecule has 1 heterocycles. The van der Waals surface area contributed by atoms with Crippen molar-refractivity contribution in [3.8, 4) is 5.75 Å². The third kappa shape index (κ3) is 3.78. The van der Waals surface area contributed by atoms with Crippen LogP contribution in [0.2, 0.25) is 0 Å². The topological polar surface area (TPSA) is 34.4 Å². The Morgan fingerprint density at radius 2 is 2.16 bits per heavy atom. The SMILES string of the molecule is COc1ccc(C)cc1NC(C)CCc1ccco1. The standard InChI is InChI=1S/C16H21NO2/c1-12-6-9-16(18-3)15(11-12)17-13(2)7-8-14-5-4-10-19-14/h4-6,9-11,13,17H,7-8H2,1-3H3. The minimum Gasteiger partial charge on any atom is -0.495 e. The maximum absolute atomic E-state index is 5.37. The first-order valence-corrected chi connectivity index (χ1v) is 6.62. The molecule has 0 bridgehead atoms. The Hall–Kier alpha value is -1.90. The first-order chi connectivity index (χ1) is 9.19. The van der Waals surface area contributed by atoms with E-state index >= 15 is 0 Å². The molecule has 1 aromatic carbocycles. The molecule has 1 atom stereocenters. The number of aryl methyl sites for hydroxylation is 2. The van der Waals surface area contributed by atoms with Gasteiger partial charge in [0.05, 0.1) is 19.1 Å². The average Bonchev–Trinajstić information content (AvgIpc) is 2.90. The van der Waals surface area contributed by atoms with Gasteiger partial charge >= 0.3 is 0 Å². The van der Waals surface area contributed by atoms with Crippen LogP contribution in [0.5, 0.6) is 5.75 Å². The lowest BCUT2D eigenvalue weighted by atomic mass is 10.1. The second-order valence-corrected chi connectivity index (χ2v) is 4.87. The number of ether oxygens (including phenoxy) is 1. The summed E-state index contributed by atoms with van der Waals surface area (Å²) >= 11 is 0. The molecular formula is C16H21NO2. The molecule has 0 saturated carbocycles. The number of hydrogen-bond acceptors (Lipinski definition) is 3. The predicted octanol–water partition coefficient (Wildman–Crippen LogP) is 4.03. The van der Waals surface area contributed by atoms with E-state index in [1.54, 1.807) is 13.4 Å². The van der Waals surface area contributed by atoms with Crippen molar-refractivity contribution < 1.29 is 9.15 Å². The van der Waals surface area contributed by atoms with Crippen LogP contribution < -0.4 is 10.1 Å². The number of benzene rings is 1. The summed E-state index contributed by atoms with van der Waals surface area (Å²) < 4.78 is 10.7. The number of hydrogen-bond donors (Lipinski definition) is 1. The second kappa shape index (κ2) is 6.32. The summed E-state index contributed by atoms with van der Waals surface area (Å²) in [5, 5.41) is 3.50. The fourth-order valence-corrected chi connectivity index (χ4v) is 2.09. The maximum atomic E-state index is 5.37. The van der Waals surface area contributed by atoms with Crippen molar-refractivity contribution in [2.45, 2.75) is 32.7 Å². The molecule has 2 rings (SSSR count). The molecule has 0 aliphatic heterocycles. The highest BCUT2D eigenvalue weighted by atomic mass is 16.5. The van der Waals surface area contributed by atoms with E-state index in [1.165, 1.54) is 5.56 Å². The highest BCUT2D eigenvalue weighted by Crippen LogP contribution is 2.26. The van der Waals surface area contributed by atoms with E-state index in [9.17, 15) is 0 Å². The van der Waals surface area contributed by atoms with Gasteiger partial charge in [0.15, 0.2) is 0 Å². The van der Waals surface area contributed by atoms with Crippen LogP contribution in [0, 0.1) is 6.92 Å². The second-order valence-electron chi connectivity index (χ2n) is 4.87. The van der Waals surface area contributed by atoms with E-state index in [-0.39, 0.29) is 0 Å². The van der Waals surface area contributed by atoms with Crippen LogP contribution in [-0.2, 0) is 6.42 Å². The molecular weight excluding hydrogens is 238 g/mol. The predicted molar refractivity (Wildman–Crippen MR) is 77.8 cm³/mol. The van der Waals surface area contributed by atoms with Gasteiger partial charge in [-0.25, -0.2) is 0 Å². The molecule has 0 aliphatic rings. The van der Waals surface area contributed by atoms with Crippen LogP contribution in [0.15, 0.2) is 41.0 Å². The van der Waals surface area contributed by atoms with Crippen molar-refractivity contribution in [2.75, 3.05) is 12.4 Å². The Balaban J connectivity index is 1.94. The van der Waals surface area contributed by atoms with Crippen molar-refractivity contribution in [1.29, 1.82) is 0 Å².